The van der Waals surface area contributed by atoms with Gasteiger partial charge < -0.3 is 20.9 Å². The summed E-state index contributed by atoms with van der Waals surface area (Å²) in [4.78, 5) is 25.9. The van der Waals surface area contributed by atoms with Gasteiger partial charge in [0, 0.05) is 49.2 Å². The highest BCUT2D eigenvalue weighted by Gasteiger charge is 2.17. The number of rotatable bonds is 5. The highest BCUT2D eigenvalue weighted by Crippen LogP contribution is 2.20. The number of carbonyl (C=O) groups is 1. The summed E-state index contributed by atoms with van der Waals surface area (Å²) in [6.07, 6.45) is 1.68. The van der Waals surface area contributed by atoms with Gasteiger partial charge in [-0.15, -0.1) is 0 Å². The molecule has 0 radical (unpaired) electrons. The van der Waals surface area contributed by atoms with Crippen LogP contribution in [0.1, 0.15) is 16.2 Å². The van der Waals surface area contributed by atoms with Crippen LogP contribution in [0.2, 0.25) is 0 Å². The van der Waals surface area contributed by atoms with E-state index in [4.69, 9.17) is 5.73 Å². The fourth-order valence-electron chi connectivity index (χ4n) is 3.19. The molecule has 0 unspecified atom stereocenters. The van der Waals surface area contributed by atoms with Gasteiger partial charge in [-0.05, 0) is 43.4 Å². The lowest BCUT2D eigenvalue weighted by molar-refractivity contribution is 0.102. The predicted octanol–water partition coefficient (Wildman–Crippen LogP) is 1.33. The number of nitrogens with one attached hydrogen (secondary N) is 2. The number of hydrogen-bond acceptors (Lipinski definition) is 7. The summed E-state index contributed by atoms with van der Waals surface area (Å²) < 4.78 is 0. The van der Waals surface area contributed by atoms with E-state index in [1.807, 2.05) is 30.3 Å². The van der Waals surface area contributed by atoms with Gasteiger partial charge in [0.2, 0.25) is 0 Å². The minimum atomic E-state index is -0.168. The molecule has 9 nitrogen and oxygen atoms in total. The minimum absolute atomic E-state index is 0.168. The Hall–Kier alpha value is -3.30. The molecule has 1 fully saturated rings. The lowest BCUT2D eigenvalue weighted by Gasteiger charge is -2.33. The quantitative estimate of drug-likeness (QED) is 0.600. The van der Waals surface area contributed by atoms with E-state index in [-0.39, 0.29) is 5.91 Å². The fraction of sp³-hybridized carbons (Fsp3) is 0.300. The molecule has 1 saturated heterocycles. The van der Waals surface area contributed by atoms with Crippen molar-refractivity contribution in [2.75, 3.05) is 43.4 Å². The van der Waals surface area contributed by atoms with E-state index in [2.05, 4.69) is 42.3 Å². The second-order valence-corrected chi connectivity index (χ2v) is 7.03. The number of aromatic amines is 1. The first-order chi connectivity index (χ1) is 14.1. The molecular formula is C20H24N8O. The van der Waals surface area contributed by atoms with Crippen molar-refractivity contribution < 1.29 is 4.79 Å². The minimum Gasteiger partial charge on any atom is -0.354 e. The average molecular weight is 392 g/mol. The van der Waals surface area contributed by atoms with Crippen LogP contribution in [0.25, 0.3) is 11.4 Å². The van der Waals surface area contributed by atoms with E-state index in [1.54, 1.807) is 12.3 Å². The number of benzene rings is 1. The fourth-order valence-corrected chi connectivity index (χ4v) is 3.19. The van der Waals surface area contributed by atoms with Crippen LogP contribution >= 0.6 is 0 Å². The Balaban J connectivity index is 1.43. The second-order valence-electron chi connectivity index (χ2n) is 7.03. The van der Waals surface area contributed by atoms with E-state index < -0.39 is 0 Å². The molecule has 1 aliphatic rings. The van der Waals surface area contributed by atoms with Crippen LogP contribution in [-0.2, 0) is 6.54 Å². The van der Waals surface area contributed by atoms with Crippen LogP contribution in [-0.4, -0.2) is 64.2 Å². The Bertz CT molecular complexity index is 976. The maximum absolute atomic E-state index is 12.7. The number of H-pyrrole nitrogens is 1. The van der Waals surface area contributed by atoms with Gasteiger partial charge in [0.15, 0.2) is 5.82 Å². The van der Waals surface area contributed by atoms with Crippen molar-refractivity contribution in [2.45, 2.75) is 6.54 Å². The molecule has 0 saturated carbocycles. The van der Waals surface area contributed by atoms with E-state index in [9.17, 15) is 4.79 Å². The zero-order chi connectivity index (χ0) is 20.2. The van der Waals surface area contributed by atoms with E-state index >= 15 is 0 Å². The molecule has 2 aromatic heterocycles. The zero-order valence-corrected chi connectivity index (χ0v) is 16.3. The van der Waals surface area contributed by atoms with E-state index in [0.29, 0.717) is 29.4 Å². The van der Waals surface area contributed by atoms with Crippen molar-refractivity contribution in [1.82, 2.24) is 25.1 Å². The summed E-state index contributed by atoms with van der Waals surface area (Å²) in [7, 11) is 2.11. The first-order valence-electron chi connectivity index (χ1n) is 9.55. The van der Waals surface area contributed by atoms with E-state index in [0.717, 1.165) is 37.6 Å². The van der Waals surface area contributed by atoms with Crippen LogP contribution in [0.4, 0.5) is 11.5 Å². The molecule has 1 aliphatic heterocycles. The SMILES string of the molecule is CN1CCN(c2cc(C(=O)Nc3ccc(-c4n[nH]c(CN)n4)cc3)ccn2)CC1. The maximum Gasteiger partial charge on any atom is 0.255 e. The summed E-state index contributed by atoms with van der Waals surface area (Å²) in [5.41, 5.74) is 7.68. The third-order valence-corrected chi connectivity index (χ3v) is 4.96. The van der Waals surface area contributed by atoms with Crippen molar-refractivity contribution in [3.05, 3.63) is 54.0 Å². The predicted molar refractivity (Wildman–Crippen MR) is 112 cm³/mol. The number of pyridine rings is 1. The molecule has 4 rings (SSSR count). The lowest BCUT2D eigenvalue weighted by Crippen LogP contribution is -2.44. The molecule has 3 aromatic rings. The highest BCUT2D eigenvalue weighted by molar-refractivity contribution is 6.04. The molecule has 4 N–H and O–H groups in total. The molecule has 0 spiro atoms. The van der Waals surface area contributed by atoms with Gasteiger partial charge in [-0.1, -0.05) is 0 Å². The summed E-state index contributed by atoms with van der Waals surface area (Å²) in [6.45, 7) is 4.10. The molecule has 1 amide bonds. The number of nitrogens with zero attached hydrogens (tertiary/aromatic N) is 5. The van der Waals surface area contributed by atoms with Crippen molar-refractivity contribution in [1.29, 1.82) is 0 Å². The standard InChI is InChI=1S/C20H24N8O/c1-27-8-10-28(11-9-27)18-12-15(6-7-22-18)20(29)23-16-4-2-14(3-5-16)19-24-17(13-21)25-26-19/h2-7,12H,8-11,13,21H2,1H3,(H,23,29)(H,24,25,26). The Kier molecular flexibility index (Phi) is 5.50. The topological polar surface area (TPSA) is 116 Å². The largest absolute Gasteiger partial charge is 0.354 e. The van der Waals surface area contributed by atoms with Crippen molar-refractivity contribution in [3.63, 3.8) is 0 Å². The summed E-state index contributed by atoms with van der Waals surface area (Å²) in [5, 5.41) is 9.85. The van der Waals surface area contributed by atoms with Crippen molar-refractivity contribution in [3.8, 4) is 11.4 Å². The summed E-state index contributed by atoms with van der Waals surface area (Å²) in [6, 6.07) is 11.0. The number of nitrogens with two attached hydrogens (primary N) is 1. The third-order valence-electron chi connectivity index (χ3n) is 4.96. The number of carbonyl (C=O) groups excluding carboxylic acids is 1. The molecule has 0 aliphatic carbocycles. The maximum atomic E-state index is 12.7. The Labute approximate surface area is 169 Å². The van der Waals surface area contributed by atoms with E-state index in [1.165, 1.54) is 0 Å². The molecule has 9 heteroatoms. The van der Waals surface area contributed by atoms with Gasteiger partial charge >= 0.3 is 0 Å². The molecule has 3 heterocycles. The van der Waals surface area contributed by atoms with Gasteiger partial charge in [-0.2, -0.15) is 5.10 Å². The first-order valence-corrected chi connectivity index (χ1v) is 9.55. The van der Waals surface area contributed by atoms with Crippen LogP contribution in [0.15, 0.2) is 42.6 Å². The third kappa shape index (κ3) is 4.41. The summed E-state index contributed by atoms with van der Waals surface area (Å²) >= 11 is 0. The average Bonchev–Trinajstić information content (AvgIpc) is 3.24. The number of anilines is 2. The summed E-state index contributed by atoms with van der Waals surface area (Å²) in [5.74, 6) is 1.88. The van der Waals surface area contributed by atoms with Crippen molar-refractivity contribution >= 4 is 17.4 Å². The van der Waals surface area contributed by atoms with Gasteiger partial charge in [0.1, 0.15) is 11.6 Å². The Morgan fingerprint density at radius 2 is 1.93 bits per heavy atom. The number of aromatic nitrogens is 4. The Morgan fingerprint density at radius 3 is 2.62 bits per heavy atom. The number of hydrogen-bond donors (Lipinski definition) is 3. The molecule has 1 aromatic carbocycles. The molecular weight excluding hydrogens is 368 g/mol. The highest BCUT2D eigenvalue weighted by atomic mass is 16.1. The second kappa shape index (κ2) is 8.38. The monoisotopic (exact) mass is 392 g/mol. The molecule has 0 bridgehead atoms. The van der Waals surface area contributed by atoms with Crippen LogP contribution in [0.3, 0.4) is 0 Å². The smallest absolute Gasteiger partial charge is 0.255 e. The first kappa shape index (κ1) is 19.0. The zero-order valence-electron chi connectivity index (χ0n) is 16.3. The van der Waals surface area contributed by atoms with Crippen molar-refractivity contribution in [2.24, 2.45) is 5.73 Å². The number of piperazine rings is 1. The number of likely N-dealkylation sites (N-methyl/N-ethyl adjacent to an activating group) is 1. The molecule has 29 heavy (non-hydrogen) atoms. The number of amides is 1. The normalized spacial score (nSPS) is 14.8. The van der Waals surface area contributed by atoms with Crippen LogP contribution in [0, 0.1) is 0 Å². The van der Waals surface area contributed by atoms with Crippen LogP contribution < -0.4 is 16.0 Å². The molecule has 150 valence electrons. The van der Waals surface area contributed by atoms with Gasteiger partial charge in [-0.25, -0.2) is 9.97 Å². The van der Waals surface area contributed by atoms with Gasteiger partial charge in [0.25, 0.3) is 5.91 Å². The molecule has 0 atom stereocenters. The lowest BCUT2D eigenvalue weighted by atomic mass is 10.2. The Morgan fingerprint density at radius 1 is 1.17 bits per heavy atom. The van der Waals surface area contributed by atoms with Gasteiger partial charge in [-0.3, -0.25) is 9.89 Å². The van der Waals surface area contributed by atoms with Gasteiger partial charge in [0.05, 0.1) is 6.54 Å². The van der Waals surface area contributed by atoms with Crippen LogP contribution in [0.5, 0.6) is 0 Å².